The van der Waals surface area contributed by atoms with Crippen molar-refractivity contribution in [1.29, 1.82) is 0 Å². The number of fused-ring (bicyclic) bond motifs is 1. The molecular weight excluding hydrogens is 587 g/mol. The van der Waals surface area contributed by atoms with E-state index >= 15 is 0 Å². The van der Waals surface area contributed by atoms with Gasteiger partial charge in [-0.2, -0.15) is 13.2 Å². The maximum atomic E-state index is 13.8. The first-order chi connectivity index (χ1) is 21.2. The average Bonchev–Trinajstić information content (AvgIpc) is 3.10. The zero-order chi connectivity index (χ0) is 32.8. The largest absolute Gasteiger partial charge is 0.416 e. The van der Waals surface area contributed by atoms with Crippen LogP contribution in [0.5, 0.6) is 0 Å². The van der Waals surface area contributed by atoms with Crippen molar-refractivity contribution in [2.45, 2.75) is 64.0 Å². The Kier molecular flexibility index (Phi) is 10.5. The van der Waals surface area contributed by atoms with Gasteiger partial charge < -0.3 is 31.7 Å². The van der Waals surface area contributed by atoms with Gasteiger partial charge in [0.1, 0.15) is 6.04 Å². The van der Waals surface area contributed by atoms with E-state index in [1.54, 1.807) is 13.8 Å². The number of carbonyl (C=O) groups excluding carboxylic acids is 3. The maximum absolute atomic E-state index is 13.8. The Hall–Kier alpha value is -4.42. The summed E-state index contributed by atoms with van der Waals surface area (Å²) in [6.07, 6.45) is -4.25. The summed E-state index contributed by atoms with van der Waals surface area (Å²) in [7, 11) is 0. The lowest BCUT2D eigenvalue weighted by Crippen LogP contribution is -2.49. The number of aryl methyl sites for hydroxylation is 1. The molecule has 0 saturated carbocycles. The van der Waals surface area contributed by atoms with E-state index in [-0.39, 0.29) is 45.5 Å². The molecule has 3 aromatic rings. The van der Waals surface area contributed by atoms with Crippen molar-refractivity contribution in [2.24, 2.45) is 5.73 Å². The number of halogens is 3. The Bertz CT molecular complexity index is 1520. The molecule has 0 aliphatic carbocycles. The van der Waals surface area contributed by atoms with Gasteiger partial charge in [-0.15, -0.1) is 0 Å². The Balaban J connectivity index is 1.59. The minimum absolute atomic E-state index is 0.0201. The molecule has 3 aromatic carbocycles. The van der Waals surface area contributed by atoms with E-state index in [2.05, 4.69) is 16.0 Å². The molecule has 0 unspecified atom stereocenters. The van der Waals surface area contributed by atoms with E-state index in [1.165, 1.54) is 11.0 Å². The summed E-state index contributed by atoms with van der Waals surface area (Å²) >= 11 is 0. The van der Waals surface area contributed by atoms with Crippen LogP contribution in [0.3, 0.4) is 0 Å². The van der Waals surface area contributed by atoms with Crippen molar-refractivity contribution in [3.63, 3.8) is 0 Å². The molecule has 45 heavy (non-hydrogen) atoms. The monoisotopic (exact) mass is 625 g/mol. The second-order valence-electron chi connectivity index (χ2n) is 11.8. The Morgan fingerprint density at radius 2 is 1.73 bits per heavy atom. The zero-order valence-electron chi connectivity index (χ0n) is 25.2. The molecule has 6 N–H and O–H groups in total. The number of benzene rings is 3. The number of alkyl halides is 3. The highest BCUT2D eigenvalue weighted by Gasteiger charge is 2.35. The van der Waals surface area contributed by atoms with E-state index < -0.39 is 41.2 Å². The van der Waals surface area contributed by atoms with Crippen LogP contribution in [0, 0.1) is 0 Å². The molecule has 0 radical (unpaired) electrons. The lowest BCUT2D eigenvalue weighted by Gasteiger charge is -2.27. The van der Waals surface area contributed by atoms with Gasteiger partial charge in [0.2, 0.25) is 11.8 Å². The average molecular weight is 626 g/mol. The van der Waals surface area contributed by atoms with Crippen LogP contribution in [0.1, 0.15) is 48.9 Å². The molecule has 1 aliphatic heterocycles. The number of hydrogen-bond donors (Lipinski definition) is 5. The van der Waals surface area contributed by atoms with Crippen molar-refractivity contribution >= 4 is 23.5 Å². The molecule has 12 heteroatoms. The predicted molar refractivity (Wildman–Crippen MR) is 165 cm³/mol. The second-order valence-corrected chi connectivity index (χ2v) is 11.8. The Morgan fingerprint density at radius 3 is 2.40 bits per heavy atom. The number of nitrogens with one attached hydrogen (secondary N) is 3. The number of nitrogens with two attached hydrogens (primary N) is 1. The molecule has 0 bridgehead atoms. The molecule has 9 nitrogen and oxygen atoms in total. The Labute approximate surface area is 260 Å². The number of nitrogens with zero attached hydrogens (tertiary/aromatic N) is 1. The van der Waals surface area contributed by atoms with Crippen LogP contribution < -0.4 is 26.6 Å². The number of aliphatic hydroxyl groups is 1. The molecule has 240 valence electrons. The highest BCUT2D eigenvalue weighted by Crippen LogP contribution is 2.36. The molecule has 1 heterocycles. The number of hydrogen-bond acceptors (Lipinski definition) is 5. The van der Waals surface area contributed by atoms with Gasteiger partial charge in [-0.1, -0.05) is 48.5 Å². The summed E-state index contributed by atoms with van der Waals surface area (Å²) in [6.45, 7) is 3.68. The molecule has 0 saturated heterocycles. The van der Waals surface area contributed by atoms with Crippen molar-refractivity contribution < 1.29 is 32.7 Å². The highest BCUT2D eigenvalue weighted by atomic mass is 19.4. The van der Waals surface area contributed by atoms with E-state index in [1.807, 2.05) is 48.5 Å². The normalized spacial score (nSPS) is 15.2. The van der Waals surface area contributed by atoms with Crippen LogP contribution in [0.15, 0.2) is 66.7 Å². The number of rotatable bonds is 10. The fourth-order valence-electron chi connectivity index (χ4n) is 5.25. The van der Waals surface area contributed by atoms with Crippen LogP contribution in [-0.4, -0.2) is 47.7 Å². The summed E-state index contributed by atoms with van der Waals surface area (Å²) in [5.74, 6) is -0.831. The first-order valence-corrected chi connectivity index (χ1v) is 14.6. The number of amides is 4. The SMILES string of the molecule is CC(C)(N)CC(=O)N[C@@H]1CCc2cc(C(F)(F)F)ccc2N(Cc2ccc(-c3ccccc3CNC(=O)NCCO)cc2)C1=O. The third-order valence-electron chi connectivity index (χ3n) is 7.38. The van der Waals surface area contributed by atoms with E-state index in [4.69, 9.17) is 10.8 Å². The lowest BCUT2D eigenvalue weighted by molar-refractivity contribution is -0.137. The molecule has 1 atom stereocenters. The van der Waals surface area contributed by atoms with Crippen LogP contribution >= 0.6 is 0 Å². The van der Waals surface area contributed by atoms with Gasteiger partial charge >= 0.3 is 12.2 Å². The third kappa shape index (κ3) is 9.05. The number of carbonyl (C=O) groups is 3. The van der Waals surface area contributed by atoms with Crippen LogP contribution in [-0.2, 0) is 35.3 Å². The zero-order valence-corrected chi connectivity index (χ0v) is 25.2. The smallest absolute Gasteiger partial charge is 0.395 e. The topological polar surface area (TPSA) is 137 Å². The first-order valence-electron chi connectivity index (χ1n) is 14.6. The molecule has 4 rings (SSSR count). The van der Waals surface area contributed by atoms with Gasteiger partial charge in [0, 0.05) is 30.7 Å². The van der Waals surface area contributed by atoms with Crippen molar-refractivity contribution in [2.75, 3.05) is 18.1 Å². The second kappa shape index (κ2) is 14.1. The van der Waals surface area contributed by atoms with Gasteiger partial charge in [-0.05, 0) is 72.7 Å². The van der Waals surface area contributed by atoms with Gasteiger partial charge in [-0.3, -0.25) is 9.59 Å². The molecule has 0 fully saturated rings. The molecule has 0 aromatic heterocycles. The highest BCUT2D eigenvalue weighted by molar-refractivity contribution is 6.00. The van der Waals surface area contributed by atoms with Gasteiger partial charge in [-0.25, -0.2) is 4.79 Å². The standard InChI is InChI=1S/C33H38F3N5O4/c1-32(2,37)18-29(43)40-27-13-11-23-17-25(33(34,35)36)12-14-28(23)41(30(27)44)20-21-7-9-22(10-8-21)26-6-4-3-5-24(26)19-39-31(45)38-15-16-42/h3-10,12,14,17,27,42H,11,13,15-16,18-20,37H2,1-2H3,(H,40,43)(H2,38,39,45)/t27-/m1/s1. The summed E-state index contributed by atoms with van der Waals surface area (Å²) < 4.78 is 40.6. The van der Waals surface area contributed by atoms with E-state index in [0.29, 0.717) is 11.3 Å². The number of anilines is 1. The minimum atomic E-state index is -4.54. The van der Waals surface area contributed by atoms with Gasteiger partial charge in [0.25, 0.3) is 0 Å². The van der Waals surface area contributed by atoms with Crippen molar-refractivity contribution in [3.05, 3.63) is 89.0 Å². The number of aliphatic hydroxyl groups excluding tert-OH is 1. The number of urea groups is 1. The van der Waals surface area contributed by atoms with Gasteiger partial charge in [0.05, 0.1) is 18.7 Å². The van der Waals surface area contributed by atoms with E-state index in [0.717, 1.165) is 34.4 Å². The summed E-state index contributed by atoms with van der Waals surface area (Å²) in [4.78, 5) is 39.9. The summed E-state index contributed by atoms with van der Waals surface area (Å²) in [6, 6.07) is 17.0. The fourth-order valence-corrected chi connectivity index (χ4v) is 5.25. The van der Waals surface area contributed by atoms with Crippen LogP contribution in [0.2, 0.25) is 0 Å². The fraction of sp³-hybridized carbons (Fsp3) is 0.364. The lowest BCUT2D eigenvalue weighted by atomic mass is 9.98. The maximum Gasteiger partial charge on any atom is 0.416 e. The third-order valence-corrected chi connectivity index (χ3v) is 7.38. The molecular formula is C33H38F3N5O4. The predicted octanol–water partition coefficient (Wildman–Crippen LogP) is 4.26. The Morgan fingerprint density at radius 1 is 1.02 bits per heavy atom. The summed E-state index contributed by atoms with van der Waals surface area (Å²) in [5, 5.41) is 16.9. The summed E-state index contributed by atoms with van der Waals surface area (Å²) in [5.41, 5.74) is 8.45. The van der Waals surface area contributed by atoms with Crippen molar-refractivity contribution in [3.8, 4) is 11.1 Å². The molecule has 1 aliphatic rings. The minimum Gasteiger partial charge on any atom is -0.395 e. The van der Waals surface area contributed by atoms with Crippen LogP contribution in [0.25, 0.3) is 11.1 Å². The van der Waals surface area contributed by atoms with Crippen LogP contribution in [0.4, 0.5) is 23.7 Å². The molecule has 0 spiro atoms. The quantitative estimate of drug-likeness (QED) is 0.230. The molecule has 4 amide bonds. The first kappa shape index (κ1) is 33.5. The van der Waals surface area contributed by atoms with Gasteiger partial charge in [0.15, 0.2) is 0 Å². The van der Waals surface area contributed by atoms with Crippen molar-refractivity contribution in [1.82, 2.24) is 16.0 Å². The van der Waals surface area contributed by atoms with E-state index in [9.17, 15) is 27.6 Å².